The van der Waals surface area contributed by atoms with Crippen LogP contribution in [0.25, 0.3) is 11.4 Å². The molecule has 0 saturated carbocycles. The van der Waals surface area contributed by atoms with Gasteiger partial charge in [-0.15, -0.1) is 0 Å². The third-order valence-electron chi connectivity index (χ3n) is 5.02. The molecule has 0 N–H and O–H groups in total. The van der Waals surface area contributed by atoms with Crippen molar-refractivity contribution in [1.29, 1.82) is 0 Å². The third kappa shape index (κ3) is 4.04. The molecule has 5 nitrogen and oxygen atoms in total. The fourth-order valence-corrected chi connectivity index (χ4v) is 3.58. The molecule has 0 unspecified atom stereocenters. The van der Waals surface area contributed by atoms with Crippen LogP contribution in [0.4, 0.5) is 8.78 Å². The van der Waals surface area contributed by atoms with E-state index >= 15 is 0 Å². The maximum Gasteiger partial charge on any atom is 0.231 e. The lowest BCUT2D eigenvalue weighted by molar-refractivity contribution is 0.180. The molecule has 1 aromatic heterocycles. The van der Waals surface area contributed by atoms with Crippen molar-refractivity contribution in [2.75, 3.05) is 20.2 Å². The molecule has 28 heavy (non-hydrogen) atoms. The topological polar surface area (TPSA) is 51.4 Å². The molecule has 1 saturated heterocycles. The molecule has 1 fully saturated rings. The molecule has 7 heteroatoms. The van der Waals surface area contributed by atoms with E-state index < -0.39 is 0 Å². The van der Waals surface area contributed by atoms with Crippen LogP contribution in [0.5, 0.6) is 5.75 Å². The lowest BCUT2D eigenvalue weighted by Gasteiger charge is -2.31. The zero-order chi connectivity index (χ0) is 19.5. The summed E-state index contributed by atoms with van der Waals surface area (Å²) in [5.74, 6) is 0.801. The lowest BCUT2D eigenvalue weighted by atomic mass is 9.97. The summed E-state index contributed by atoms with van der Waals surface area (Å²) in [7, 11) is 1.47. The number of hydrogen-bond donors (Lipinski definition) is 0. The van der Waals surface area contributed by atoms with E-state index in [9.17, 15) is 8.78 Å². The van der Waals surface area contributed by atoms with Crippen LogP contribution >= 0.6 is 0 Å². The number of piperidine rings is 1. The Hall–Kier alpha value is -2.80. The molecular weight excluding hydrogens is 364 g/mol. The Balaban J connectivity index is 1.45. The molecular formula is C21H21F2N3O2. The van der Waals surface area contributed by atoms with Crippen LogP contribution in [0, 0.1) is 11.6 Å². The predicted molar refractivity (Wildman–Crippen MR) is 99.9 cm³/mol. The number of likely N-dealkylation sites (tertiary alicyclic amines) is 1. The SMILES string of the molecule is COc1cc(CN2CCC[C@H](c3nc(-c4ccc(F)cc4)no3)C2)ccc1F. The van der Waals surface area contributed by atoms with E-state index in [1.54, 1.807) is 24.3 Å². The highest BCUT2D eigenvalue weighted by atomic mass is 19.1. The zero-order valence-corrected chi connectivity index (χ0v) is 15.6. The Labute approximate surface area is 161 Å². The number of halogens is 2. The second-order valence-corrected chi connectivity index (χ2v) is 7.01. The summed E-state index contributed by atoms with van der Waals surface area (Å²) in [5.41, 5.74) is 1.72. The summed E-state index contributed by atoms with van der Waals surface area (Å²) in [6.45, 7) is 2.44. The molecule has 0 aliphatic carbocycles. The molecule has 2 heterocycles. The number of aromatic nitrogens is 2. The van der Waals surface area contributed by atoms with E-state index in [-0.39, 0.29) is 23.3 Å². The molecule has 1 atom stereocenters. The number of ether oxygens (including phenoxy) is 1. The highest BCUT2D eigenvalue weighted by Gasteiger charge is 2.26. The van der Waals surface area contributed by atoms with Crippen molar-refractivity contribution in [3.63, 3.8) is 0 Å². The van der Waals surface area contributed by atoms with E-state index in [1.165, 1.54) is 25.3 Å². The molecule has 1 aliphatic rings. The van der Waals surface area contributed by atoms with Crippen LogP contribution in [0.2, 0.25) is 0 Å². The monoisotopic (exact) mass is 385 g/mol. The molecule has 146 valence electrons. The largest absolute Gasteiger partial charge is 0.494 e. The van der Waals surface area contributed by atoms with Gasteiger partial charge in [0.2, 0.25) is 11.7 Å². The first kappa shape index (κ1) is 18.6. The van der Waals surface area contributed by atoms with Crippen LogP contribution in [0.3, 0.4) is 0 Å². The summed E-state index contributed by atoms with van der Waals surface area (Å²) >= 11 is 0. The maximum absolute atomic E-state index is 13.6. The summed E-state index contributed by atoms with van der Waals surface area (Å²) < 4.78 is 37.3. The third-order valence-corrected chi connectivity index (χ3v) is 5.02. The van der Waals surface area contributed by atoms with E-state index in [2.05, 4.69) is 15.0 Å². The van der Waals surface area contributed by atoms with Crippen molar-refractivity contribution in [2.45, 2.75) is 25.3 Å². The average molecular weight is 385 g/mol. The molecule has 4 rings (SSSR count). The number of methoxy groups -OCH3 is 1. The number of rotatable bonds is 5. The highest BCUT2D eigenvalue weighted by molar-refractivity contribution is 5.53. The standard InChI is InChI=1S/C21H21F2N3O2/c1-27-19-11-14(4-9-18(19)23)12-26-10-2-3-16(13-26)21-24-20(25-28-21)15-5-7-17(22)8-6-15/h4-9,11,16H,2-3,10,12-13H2,1H3/t16-/m0/s1. The quantitative estimate of drug-likeness (QED) is 0.651. The van der Waals surface area contributed by atoms with Gasteiger partial charge in [0.15, 0.2) is 11.6 Å². The summed E-state index contributed by atoms with van der Waals surface area (Å²) in [6, 6.07) is 11.0. The van der Waals surface area contributed by atoms with Gasteiger partial charge in [0.05, 0.1) is 13.0 Å². The minimum atomic E-state index is -0.359. The van der Waals surface area contributed by atoms with Gasteiger partial charge in [0.25, 0.3) is 0 Å². The van der Waals surface area contributed by atoms with Gasteiger partial charge >= 0.3 is 0 Å². The summed E-state index contributed by atoms with van der Waals surface area (Å²) in [5, 5.41) is 4.05. The zero-order valence-electron chi connectivity index (χ0n) is 15.6. The van der Waals surface area contributed by atoms with Crippen LogP contribution < -0.4 is 4.74 Å². The van der Waals surface area contributed by atoms with E-state index in [4.69, 9.17) is 9.26 Å². The van der Waals surface area contributed by atoms with Crippen molar-refractivity contribution >= 4 is 0 Å². The van der Waals surface area contributed by atoms with Crippen molar-refractivity contribution in [2.24, 2.45) is 0 Å². The molecule has 3 aromatic rings. The fraction of sp³-hybridized carbons (Fsp3) is 0.333. The van der Waals surface area contributed by atoms with Crippen LogP contribution in [-0.2, 0) is 6.54 Å². The number of hydrogen-bond acceptors (Lipinski definition) is 5. The average Bonchev–Trinajstić information content (AvgIpc) is 3.20. The van der Waals surface area contributed by atoms with Crippen molar-refractivity contribution in [1.82, 2.24) is 15.0 Å². The molecule has 0 bridgehead atoms. The van der Waals surface area contributed by atoms with Gasteiger partial charge < -0.3 is 9.26 Å². The van der Waals surface area contributed by atoms with Gasteiger partial charge in [-0.1, -0.05) is 11.2 Å². The van der Waals surface area contributed by atoms with Crippen LogP contribution in [0.15, 0.2) is 47.0 Å². The molecule has 0 spiro atoms. The smallest absolute Gasteiger partial charge is 0.231 e. The van der Waals surface area contributed by atoms with Gasteiger partial charge in [-0.25, -0.2) is 8.78 Å². The van der Waals surface area contributed by atoms with Gasteiger partial charge in [-0.05, 0) is 61.3 Å². The molecule has 1 aliphatic heterocycles. The lowest BCUT2D eigenvalue weighted by Crippen LogP contribution is -2.34. The van der Waals surface area contributed by atoms with Gasteiger partial charge in [-0.3, -0.25) is 4.90 Å². The molecule has 0 amide bonds. The Morgan fingerprint density at radius 2 is 2.00 bits per heavy atom. The first-order valence-corrected chi connectivity index (χ1v) is 9.26. The van der Waals surface area contributed by atoms with Gasteiger partial charge in [0, 0.05) is 18.7 Å². The Morgan fingerprint density at radius 1 is 1.18 bits per heavy atom. The number of nitrogens with zero attached hydrogens (tertiary/aromatic N) is 3. The van der Waals surface area contributed by atoms with Crippen molar-refractivity contribution < 1.29 is 18.0 Å². The maximum atomic E-state index is 13.6. The Kier molecular flexibility index (Phi) is 5.34. The molecule has 0 radical (unpaired) electrons. The Morgan fingerprint density at radius 3 is 2.79 bits per heavy atom. The summed E-state index contributed by atoms with van der Waals surface area (Å²) in [4.78, 5) is 6.81. The van der Waals surface area contributed by atoms with Crippen molar-refractivity contribution in [3.05, 3.63) is 65.6 Å². The van der Waals surface area contributed by atoms with Crippen LogP contribution in [-0.4, -0.2) is 35.2 Å². The fourth-order valence-electron chi connectivity index (χ4n) is 3.58. The minimum Gasteiger partial charge on any atom is -0.494 e. The van der Waals surface area contributed by atoms with E-state index in [0.717, 1.165) is 37.1 Å². The second-order valence-electron chi connectivity index (χ2n) is 7.01. The number of benzene rings is 2. The summed E-state index contributed by atoms with van der Waals surface area (Å²) in [6.07, 6.45) is 1.98. The first-order valence-electron chi connectivity index (χ1n) is 9.26. The van der Waals surface area contributed by atoms with Crippen LogP contribution in [0.1, 0.15) is 30.2 Å². The van der Waals surface area contributed by atoms with Crippen molar-refractivity contribution in [3.8, 4) is 17.1 Å². The Bertz CT molecular complexity index is 943. The van der Waals surface area contributed by atoms with Gasteiger partial charge in [-0.2, -0.15) is 4.98 Å². The predicted octanol–water partition coefficient (Wildman–Crippen LogP) is 4.40. The van der Waals surface area contributed by atoms with Gasteiger partial charge in [0.1, 0.15) is 5.82 Å². The molecule has 2 aromatic carbocycles. The van der Waals surface area contributed by atoms with E-state index in [1.807, 2.05) is 0 Å². The normalized spacial score (nSPS) is 17.6. The second kappa shape index (κ2) is 8.06. The minimum absolute atomic E-state index is 0.137. The van der Waals surface area contributed by atoms with E-state index in [0.29, 0.717) is 18.3 Å². The first-order chi connectivity index (χ1) is 13.6. The highest BCUT2D eigenvalue weighted by Crippen LogP contribution is 2.29.